The maximum atomic E-state index is 14.5. The number of rotatable bonds is 4. The van der Waals surface area contributed by atoms with E-state index in [0.29, 0.717) is 40.5 Å². The molecule has 4 aromatic rings. The number of aliphatic hydroxyl groups excluding tert-OH is 2. The molecule has 0 fully saturated rings. The Morgan fingerprint density at radius 3 is 2.87 bits per heavy atom. The highest BCUT2D eigenvalue weighted by atomic mass is 35.5. The second-order valence-electron chi connectivity index (χ2n) is 7.69. The maximum absolute atomic E-state index is 14.5. The van der Waals surface area contributed by atoms with Crippen LogP contribution in [0.5, 0.6) is 0 Å². The van der Waals surface area contributed by atoms with Crippen molar-refractivity contribution in [1.82, 2.24) is 19.5 Å². The molecule has 3 heterocycles. The van der Waals surface area contributed by atoms with Crippen LogP contribution in [-0.2, 0) is 6.42 Å². The van der Waals surface area contributed by atoms with Crippen molar-refractivity contribution in [3.63, 3.8) is 0 Å². The van der Waals surface area contributed by atoms with Crippen LogP contribution in [0.4, 0.5) is 10.2 Å². The highest BCUT2D eigenvalue weighted by Crippen LogP contribution is 2.34. The molecule has 4 N–H and O–H groups in total. The minimum atomic E-state index is -1.01. The van der Waals surface area contributed by atoms with Gasteiger partial charge in [-0.05, 0) is 48.2 Å². The van der Waals surface area contributed by atoms with Gasteiger partial charge >= 0.3 is 0 Å². The first kappa shape index (κ1) is 19.9. The largest absolute Gasteiger partial charge is 0.388 e. The Balaban J connectivity index is 1.41. The predicted octanol–water partition coefficient (Wildman–Crippen LogP) is 3.19. The van der Waals surface area contributed by atoms with Crippen molar-refractivity contribution in [2.75, 3.05) is 5.73 Å². The van der Waals surface area contributed by atoms with E-state index in [-0.39, 0.29) is 10.8 Å². The van der Waals surface area contributed by atoms with Gasteiger partial charge in [0.1, 0.15) is 35.8 Å². The molecule has 1 aromatic carbocycles. The van der Waals surface area contributed by atoms with Crippen LogP contribution in [0.1, 0.15) is 18.0 Å². The first-order valence-electron chi connectivity index (χ1n) is 9.80. The Morgan fingerprint density at radius 1 is 1.19 bits per heavy atom. The van der Waals surface area contributed by atoms with Crippen LogP contribution >= 0.6 is 11.6 Å². The quantitative estimate of drug-likeness (QED) is 0.421. The van der Waals surface area contributed by atoms with Crippen molar-refractivity contribution in [2.45, 2.75) is 31.1 Å². The minimum Gasteiger partial charge on any atom is -0.388 e. The number of nitrogen functional groups attached to an aromatic ring is 1. The van der Waals surface area contributed by atoms with Crippen molar-refractivity contribution < 1.29 is 14.6 Å². The molecule has 0 aliphatic heterocycles. The smallest absolute Gasteiger partial charge is 0.143 e. The fourth-order valence-electron chi connectivity index (χ4n) is 4.15. The lowest BCUT2D eigenvalue weighted by Gasteiger charge is -2.19. The van der Waals surface area contributed by atoms with Crippen molar-refractivity contribution in [1.29, 1.82) is 0 Å². The second kappa shape index (κ2) is 7.56. The third-order valence-electron chi connectivity index (χ3n) is 5.76. The number of aryl methyl sites for hydroxylation is 1. The summed E-state index contributed by atoms with van der Waals surface area (Å²) in [4.78, 5) is 12.4. The summed E-state index contributed by atoms with van der Waals surface area (Å²) in [7, 11) is 0. The molecule has 5 rings (SSSR count). The number of halogens is 2. The summed E-state index contributed by atoms with van der Waals surface area (Å²) in [6.07, 6.45) is 5.72. The van der Waals surface area contributed by atoms with E-state index < -0.39 is 24.1 Å². The molecule has 0 saturated heterocycles. The number of hydrogen-bond acceptors (Lipinski definition) is 6. The summed E-state index contributed by atoms with van der Waals surface area (Å²) < 4.78 is 16.4. The number of nitrogens with zero attached hydrogens (tertiary/aromatic N) is 4. The van der Waals surface area contributed by atoms with Crippen LogP contribution in [-0.4, -0.2) is 41.9 Å². The summed E-state index contributed by atoms with van der Waals surface area (Å²) in [5.74, 6) is -0.285. The fraction of sp³-hybridized carbons (Fsp3) is 0.227. The van der Waals surface area contributed by atoms with Gasteiger partial charge in [-0.15, -0.1) is 0 Å². The lowest BCUT2D eigenvalue weighted by molar-refractivity contribution is 0.0317. The zero-order chi connectivity index (χ0) is 21.7. The highest BCUT2D eigenvalue weighted by molar-refractivity contribution is 6.33. The van der Waals surface area contributed by atoms with E-state index in [0.717, 1.165) is 5.39 Å². The molecule has 0 saturated carbocycles. The first-order chi connectivity index (χ1) is 14.9. The van der Waals surface area contributed by atoms with Crippen LogP contribution in [0.3, 0.4) is 0 Å². The van der Waals surface area contributed by atoms with Gasteiger partial charge in [0, 0.05) is 23.2 Å². The summed E-state index contributed by atoms with van der Waals surface area (Å²) >= 11 is 5.95. The average Bonchev–Trinajstić information content (AvgIpc) is 3.29. The van der Waals surface area contributed by atoms with Crippen LogP contribution in [0.2, 0.25) is 5.02 Å². The molecule has 7 nitrogen and oxygen atoms in total. The molecule has 3 atom stereocenters. The molecule has 31 heavy (non-hydrogen) atoms. The van der Waals surface area contributed by atoms with Gasteiger partial charge in [0.05, 0.1) is 16.6 Å². The van der Waals surface area contributed by atoms with E-state index in [4.69, 9.17) is 17.3 Å². The molecular weight excluding hydrogens is 421 g/mol. The number of nitrogens with two attached hydrogens (primary N) is 1. The highest BCUT2D eigenvalue weighted by Gasteiger charge is 2.35. The van der Waals surface area contributed by atoms with Crippen LogP contribution in [0.25, 0.3) is 21.9 Å². The topological polar surface area (TPSA) is 110 Å². The minimum absolute atomic E-state index is 0.147. The van der Waals surface area contributed by atoms with Gasteiger partial charge < -0.3 is 20.5 Å². The standard InChI is InChI=1S/C22H19ClFN5O2/c23-15-8-14-16(24)5-11(6-17(14)28-21(15)25)1-2-12-7-18(20(31)19(12)30)29-4-3-13-9-26-10-27-22(13)29/h3-10,18-20,30-31H,1-2H2,(H2,25,28)/t18-,19-,20+/m1/s1. The zero-order valence-corrected chi connectivity index (χ0v) is 17.0. The number of fused-ring (bicyclic) bond motifs is 2. The fourth-order valence-corrected chi connectivity index (χ4v) is 4.30. The Kier molecular flexibility index (Phi) is 4.85. The summed E-state index contributed by atoms with van der Waals surface area (Å²) in [5.41, 5.74) is 8.26. The van der Waals surface area contributed by atoms with Gasteiger partial charge in [-0.3, -0.25) is 0 Å². The zero-order valence-electron chi connectivity index (χ0n) is 16.3. The molecule has 1 aliphatic carbocycles. The monoisotopic (exact) mass is 439 g/mol. The van der Waals surface area contributed by atoms with Crippen molar-refractivity contribution >= 4 is 39.4 Å². The van der Waals surface area contributed by atoms with Gasteiger partial charge in [-0.1, -0.05) is 17.7 Å². The van der Waals surface area contributed by atoms with E-state index in [1.54, 1.807) is 12.3 Å². The second-order valence-corrected chi connectivity index (χ2v) is 8.10. The Morgan fingerprint density at radius 2 is 2.03 bits per heavy atom. The van der Waals surface area contributed by atoms with E-state index in [1.165, 1.54) is 18.5 Å². The third kappa shape index (κ3) is 3.42. The molecule has 158 valence electrons. The lowest BCUT2D eigenvalue weighted by Crippen LogP contribution is -2.29. The van der Waals surface area contributed by atoms with Gasteiger partial charge in [-0.2, -0.15) is 0 Å². The Bertz CT molecular complexity index is 1340. The number of hydrogen-bond donors (Lipinski definition) is 3. The number of benzene rings is 1. The summed E-state index contributed by atoms with van der Waals surface area (Å²) in [5, 5.41) is 22.6. The molecule has 0 radical (unpaired) electrons. The summed E-state index contributed by atoms with van der Waals surface area (Å²) in [6, 6.07) is 6.07. The molecule has 0 bridgehead atoms. The Labute approximate surface area is 181 Å². The molecule has 0 spiro atoms. The van der Waals surface area contributed by atoms with Crippen molar-refractivity contribution in [3.05, 3.63) is 71.0 Å². The van der Waals surface area contributed by atoms with Crippen LogP contribution in [0, 0.1) is 5.82 Å². The SMILES string of the molecule is Nc1nc2cc(CCC3=C[C@@H](n4ccc5cncnc54)[C@H](O)[C@@H]3O)cc(F)c2cc1Cl. The van der Waals surface area contributed by atoms with E-state index in [1.807, 2.05) is 22.9 Å². The van der Waals surface area contributed by atoms with Crippen molar-refractivity contribution in [3.8, 4) is 0 Å². The van der Waals surface area contributed by atoms with Gasteiger partial charge in [0.25, 0.3) is 0 Å². The number of aliphatic hydroxyl groups is 2. The molecule has 1 aliphatic rings. The van der Waals surface area contributed by atoms with Gasteiger partial charge in [-0.25, -0.2) is 19.3 Å². The van der Waals surface area contributed by atoms with E-state index in [9.17, 15) is 14.6 Å². The van der Waals surface area contributed by atoms with Gasteiger partial charge in [0.2, 0.25) is 0 Å². The van der Waals surface area contributed by atoms with Crippen LogP contribution < -0.4 is 5.73 Å². The molecule has 9 heteroatoms. The van der Waals surface area contributed by atoms with Crippen molar-refractivity contribution in [2.24, 2.45) is 0 Å². The normalized spacial score (nSPS) is 21.2. The number of aromatic nitrogens is 4. The third-order valence-corrected chi connectivity index (χ3v) is 6.07. The summed E-state index contributed by atoms with van der Waals surface area (Å²) in [6.45, 7) is 0. The average molecular weight is 440 g/mol. The molecular formula is C22H19ClFN5O2. The Hall–Kier alpha value is -3.07. The van der Waals surface area contributed by atoms with Gasteiger partial charge in [0.15, 0.2) is 0 Å². The molecule has 3 aromatic heterocycles. The number of anilines is 1. The van der Waals surface area contributed by atoms with Crippen LogP contribution in [0.15, 0.2) is 54.6 Å². The van der Waals surface area contributed by atoms with E-state index in [2.05, 4.69) is 15.0 Å². The maximum Gasteiger partial charge on any atom is 0.143 e. The first-order valence-corrected chi connectivity index (χ1v) is 10.2. The predicted molar refractivity (Wildman–Crippen MR) is 116 cm³/mol. The lowest BCUT2D eigenvalue weighted by atomic mass is 10.0. The molecule has 0 unspecified atom stereocenters. The molecule has 0 amide bonds. The van der Waals surface area contributed by atoms with E-state index >= 15 is 0 Å². The number of pyridine rings is 1.